The summed E-state index contributed by atoms with van der Waals surface area (Å²) in [5.74, 6) is 0.322. The van der Waals surface area contributed by atoms with E-state index < -0.39 is 5.97 Å². The number of hydrogen-bond acceptors (Lipinski definition) is 5. The minimum Gasteiger partial charge on any atom is -0.492 e. The number of aliphatic carboxylic acids is 1. The summed E-state index contributed by atoms with van der Waals surface area (Å²) in [7, 11) is 0. The normalized spacial score (nSPS) is 11.0. The van der Waals surface area contributed by atoms with E-state index in [-0.39, 0.29) is 6.42 Å². The van der Waals surface area contributed by atoms with E-state index in [1.165, 1.54) is 4.80 Å². The molecular formula is C24H21Cl2N3O4. The highest BCUT2D eigenvalue weighted by Crippen LogP contribution is 2.28. The molecule has 0 atom stereocenters. The summed E-state index contributed by atoms with van der Waals surface area (Å²) in [5, 5.41) is 18.8. The number of rotatable bonds is 10. The summed E-state index contributed by atoms with van der Waals surface area (Å²) >= 11 is 12.4. The zero-order chi connectivity index (χ0) is 23.2. The van der Waals surface area contributed by atoms with Crippen LogP contribution in [-0.4, -0.2) is 39.3 Å². The lowest BCUT2D eigenvalue weighted by Gasteiger charge is -2.12. The van der Waals surface area contributed by atoms with Crippen molar-refractivity contribution in [1.29, 1.82) is 0 Å². The molecule has 1 N–H and O–H groups in total. The monoisotopic (exact) mass is 485 g/mol. The third-order valence-electron chi connectivity index (χ3n) is 4.85. The van der Waals surface area contributed by atoms with Crippen LogP contribution in [0.15, 0.2) is 60.7 Å². The van der Waals surface area contributed by atoms with Gasteiger partial charge >= 0.3 is 5.97 Å². The number of nitrogens with zero attached hydrogens (tertiary/aromatic N) is 3. The van der Waals surface area contributed by atoms with Crippen molar-refractivity contribution >= 4 is 40.2 Å². The molecule has 7 nitrogen and oxygen atoms in total. The molecule has 1 heterocycles. The van der Waals surface area contributed by atoms with Crippen molar-refractivity contribution < 1.29 is 19.4 Å². The van der Waals surface area contributed by atoms with Crippen molar-refractivity contribution in [2.45, 2.75) is 19.3 Å². The van der Waals surface area contributed by atoms with Crippen LogP contribution in [0.25, 0.3) is 16.7 Å². The van der Waals surface area contributed by atoms with Gasteiger partial charge in [-0.15, -0.1) is 15.0 Å². The van der Waals surface area contributed by atoms with Crippen molar-refractivity contribution in [3.05, 3.63) is 76.3 Å². The third-order valence-corrected chi connectivity index (χ3v) is 5.38. The summed E-state index contributed by atoms with van der Waals surface area (Å²) in [6.07, 6.45) is 1.10. The molecule has 170 valence electrons. The highest BCUT2D eigenvalue weighted by atomic mass is 35.5. The molecule has 3 aromatic carbocycles. The van der Waals surface area contributed by atoms with Gasteiger partial charge in [0.1, 0.15) is 28.2 Å². The number of benzene rings is 3. The molecule has 0 bridgehead atoms. The highest BCUT2D eigenvalue weighted by Gasteiger charge is 2.12. The van der Waals surface area contributed by atoms with Crippen LogP contribution >= 0.6 is 23.2 Å². The second-order valence-corrected chi connectivity index (χ2v) is 8.14. The number of carboxylic acids is 1. The number of aryl methyl sites for hydroxylation is 1. The average molecular weight is 486 g/mol. The first-order valence-corrected chi connectivity index (χ1v) is 11.1. The van der Waals surface area contributed by atoms with Crippen molar-refractivity contribution in [3.63, 3.8) is 0 Å². The quantitative estimate of drug-likeness (QED) is 0.294. The van der Waals surface area contributed by atoms with Crippen molar-refractivity contribution in [2.24, 2.45) is 0 Å². The van der Waals surface area contributed by atoms with Gasteiger partial charge in [-0.05, 0) is 54.4 Å². The highest BCUT2D eigenvalue weighted by molar-refractivity contribution is 6.32. The minimum atomic E-state index is -0.841. The minimum absolute atomic E-state index is 0.0602. The van der Waals surface area contributed by atoms with Crippen LogP contribution < -0.4 is 9.47 Å². The van der Waals surface area contributed by atoms with Gasteiger partial charge in [0.05, 0.1) is 18.2 Å². The molecule has 0 saturated heterocycles. The fourth-order valence-corrected chi connectivity index (χ4v) is 3.65. The Morgan fingerprint density at radius 1 is 0.909 bits per heavy atom. The van der Waals surface area contributed by atoms with Crippen LogP contribution in [0.4, 0.5) is 0 Å². The zero-order valence-electron chi connectivity index (χ0n) is 17.6. The fourth-order valence-electron chi connectivity index (χ4n) is 3.23. The maximum atomic E-state index is 10.7. The van der Waals surface area contributed by atoms with Gasteiger partial charge in [0, 0.05) is 17.9 Å². The lowest BCUT2D eigenvalue weighted by molar-refractivity contribution is -0.136. The van der Waals surface area contributed by atoms with E-state index in [2.05, 4.69) is 10.2 Å². The van der Waals surface area contributed by atoms with Gasteiger partial charge in [0.25, 0.3) is 0 Å². The molecule has 0 aliphatic heterocycles. The van der Waals surface area contributed by atoms with E-state index in [1.54, 1.807) is 30.3 Å². The first-order chi connectivity index (χ1) is 16.0. The molecule has 0 amide bonds. The van der Waals surface area contributed by atoms with Crippen LogP contribution in [0.5, 0.6) is 11.5 Å². The van der Waals surface area contributed by atoms with Crippen molar-refractivity contribution in [3.8, 4) is 17.2 Å². The van der Waals surface area contributed by atoms with E-state index in [1.807, 2.05) is 30.3 Å². The lowest BCUT2D eigenvalue weighted by Crippen LogP contribution is -2.08. The standard InChI is InChI=1S/C24H21Cl2N3O4/c25-17-8-10-23(21(15-17)29-27-19-4-1-2-5-20(19)28-29)33-13-3-12-32-22-9-6-16(14-18(22)26)7-11-24(30)31/h1-2,4-6,8-10,14-15H,3,7,11-13H2,(H,30,31). The Kier molecular flexibility index (Phi) is 7.32. The summed E-state index contributed by atoms with van der Waals surface area (Å²) in [5.41, 5.74) is 3.07. The van der Waals surface area contributed by atoms with Crippen LogP contribution in [-0.2, 0) is 11.2 Å². The topological polar surface area (TPSA) is 86.5 Å². The Labute approximate surface area is 200 Å². The average Bonchev–Trinajstić information content (AvgIpc) is 3.23. The van der Waals surface area contributed by atoms with Gasteiger partial charge in [-0.1, -0.05) is 41.4 Å². The number of aromatic nitrogens is 3. The van der Waals surface area contributed by atoms with Crippen molar-refractivity contribution in [1.82, 2.24) is 15.0 Å². The Bertz CT molecular complexity index is 1240. The van der Waals surface area contributed by atoms with Crippen molar-refractivity contribution in [2.75, 3.05) is 13.2 Å². The van der Waals surface area contributed by atoms with Crippen LogP contribution in [0.2, 0.25) is 10.0 Å². The van der Waals surface area contributed by atoms with E-state index in [0.717, 1.165) is 16.6 Å². The van der Waals surface area contributed by atoms with E-state index >= 15 is 0 Å². The summed E-state index contributed by atoms with van der Waals surface area (Å²) < 4.78 is 11.7. The summed E-state index contributed by atoms with van der Waals surface area (Å²) in [6.45, 7) is 0.810. The molecule has 0 saturated carbocycles. The van der Waals surface area contributed by atoms with Gasteiger partial charge in [0.15, 0.2) is 0 Å². The molecule has 9 heteroatoms. The second-order valence-electron chi connectivity index (χ2n) is 7.30. The van der Waals surface area contributed by atoms with Gasteiger partial charge in [0.2, 0.25) is 0 Å². The van der Waals surface area contributed by atoms with Crippen LogP contribution in [0, 0.1) is 0 Å². The maximum Gasteiger partial charge on any atom is 0.303 e. The molecule has 0 radical (unpaired) electrons. The Morgan fingerprint density at radius 3 is 2.24 bits per heavy atom. The number of carboxylic acid groups (broad SMARTS) is 1. The van der Waals surface area contributed by atoms with Gasteiger partial charge < -0.3 is 14.6 Å². The number of ether oxygens (including phenoxy) is 2. The smallest absolute Gasteiger partial charge is 0.303 e. The molecule has 33 heavy (non-hydrogen) atoms. The first-order valence-electron chi connectivity index (χ1n) is 10.4. The Balaban J connectivity index is 1.33. The molecule has 0 aliphatic rings. The van der Waals surface area contributed by atoms with E-state index in [9.17, 15) is 4.79 Å². The fraction of sp³-hybridized carbons (Fsp3) is 0.208. The Morgan fingerprint density at radius 2 is 1.58 bits per heavy atom. The van der Waals surface area contributed by atoms with Gasteiger partial charge in [-0.2, -0.15) is 0 Å². The first kappa shape index (κ1) is 22.9. The molecular weight excluding hydrogens is 465 g/mol. The van der Waals surface area contributed by atoms with Gasteiger partial charge in [-0.3, -0.25) is 4.79 Å². The summed E-state index contributed by atoms with van der Waals surface area (Å²) in [6, 6.07) is 18.2. The van der Waals surface area contributed by atoms with Crippen LogP contribution in [0.1, 0.15) is 18.4 Å². The van der Waals surface area contributed by atoms with Gasteiger partial charge in [-0.25, -0.2) is 0 Å². The lowest BCUT2D eigenvalue weighted by atomic mass is 10.1. The van der Waals surface area contributed by atoms with E-state index in [4.69, 9.17) is 37.8 Å². The SMILES string of the molecule is O=C(O)CCc1ccc(OCCCOc2ccc(Cl)cc2-n2nc3ccccc3n2)c(Cl)c1. The zero-order valence-corrected chi connectivity index (χ0v) is 19.1. The van der Waals surface area contributed by atoms with E-state index in [0.29, 0.717) is 53.3 Å². The third kappa shape index (κ3) is 5.94. The predicted molar refractivity (Wildman–Crippen MR) is 127 cm³/mol. The molecule has 0 unspecified atom stereocenters. The molecule has 0 fully saturated rings. The molecule has 4 aromatic rings. The number of fused-ring (bicyclic) bond motifs is 1. The second kappa shape index (κ2) is 10.6. The number of halogens is 2. The number of carbonyl (C=O) groups is 1. The molecule has 0 spiro atoms. The Hall–Kier alpha value is -3.29. The number of hydrogen-bond donors (Lipinski definition) is 1. The molecule has 1 aromatic heterocycles. The maximum absolute atomic E-state index is 10.7. The molecule has 0 aliphatic carbocycles. The summed E-state index contributed by atoms with van der Waals surface area (Å²) in [4.78, 5) is 12.2. The molecule has 4 rings (SSSR count). The van der Waals surface area contributed by atoms with Crippen LogP contribution in [0.3, 0.4) is 0 Å². The largest absolute Gasteiger partial charge is 0.492 e. The predicted octanol–water partition coefficient (Wildman–Crippen LogP) is 5.59.